The van der Waals surface area contributed by atoms with Gasteiger partial charge in [0.2, 0.25) is 21.3 Å². The van der Waals surface area contributed by atoms with Gasteiger partial charge in [0.15, 0.2) is 9.84 Å². The number of nitro groups is 1. The first-order valence-electron chi connectivity index (χ1n) is 15.4. The molecule has 0 aliphatic carbocycles. The second-order valence-electron chi connectivity index (χ2n) is 11.5. The van der Waals surface area contributed by atoms with Crippen LogP contribution < -0.4 is 0 Å². The molecule has 0 amide bonds. The summed E-state index contributed by atoms with van der Waals surface area (Å²) in [6, 6.07) is 22.1. The van der Waals surface area contributed by atoms with Crippen molar-refractivity contribution in [3.63, 3.8) is 0 Å². The summed E-state index contributed by atoms with van der Waals surface area (Å²) in [4.78, 5) is 52.3. The fourth-order valence-electron chi connectivity index (χ4n) is 4.15. The number of hydrogen-bond acceptors (Lipinski definition) is 10. The molecule has 0 fully saturated rings. The number of alkyl halides is 1. The van der Waals surface area contributed by atoms with Crippen LogP contribution in [0.25, 0.3) is 10.8 Å². The minimum absolute atomic E-state index is 0.00185. The lowest BCUT2D eigenvalue weighted by Crippen LogP contribution is -2.34. The average molecular weight is 922 g/mol. The molecular weight excluding hydrogens is 890 g/mol. The molecule has 0 heterocycles. The third-order valence-corrected chi connectivity index (χ3v) is 11.8. The molecule has 20 heteroatoms. The van der Waals surface area contributed by atoms with Crippen LogP contribution >= 0.6 is 69.6 Å². The van der Waals surface area contributed by atoms with Gasteiger partial charge in [0.25, 0.3) is 5.24 Å². The van der Waals surface area contributed by atoms with Gasteiger partial charge >= 0.3 is 10.2 Å². The molecule has 2 atom stereocenters. The van der Waals surface area contributed by atoms with Crippen LogP contribution in [0.1, 0.15) is 60.0 Å². The third kappa shape index (κ3) is 16.4. The van der Waals surface area contributed by atoms with E-state index in [9.17, 15) is 50.0 Å². The molecule has 4 rings (SSSR count). The molecule has 0 aliphatic heterocycles. The van der Waals surface area contributed by atoms with Crippen LogP contribution in [0.15, 0.2) is 94.7 Å². The summed E-state index contributed by atoms with van der Waals surface area (Å²) >= 11 is 32.2. The molecule has 0 aromatic heterocycles. The Morgan fingerprint density at radius 1 is 0.836 bits per heavy atom. The van der Waals surface area contributed by atoms with E-state index in [0.717, 1.165) is 17.2 Å². The average Bonchev–Trinajstić information content (AvgIpc) is 3.10. The zero-order valence-electron chi connectivity index (χ0n) is 29.0. The number of carbonyl (C=O) groups is 4. The van der Waals surface area contributed by atoms with Crippen LogP contribution in [0.4, 0.5) is 3.89 Å². The first-order valence-corrected chi connectivity index (χ1v) is 20.8. The maximum absolute atomic E-state index is 13.2. The van der Waals surface area contributed by atoms with Crippen molar-refractivity contribution in [2.75, 3.05) is 5.75 Å². The van der Waals surface area contributed by atoms with Crippen molar-refractivity contribution in [2.45, 2.75) is 60.7 Å². The number of aryl methyl sites for hydroxylation is 1. The molecule has 2 unspecified atom stereocenters. The summed E-state index contributed by atoms with van der Waals surface area (Å²) in [6.07, 6.45) is 0.676. The summed E-state index contributed by atoms with van der Waals surface area (Å²) in [5.74, 6) is -0.655. The van der Waals surface area contributed by atoms with E-state index in [1.807, 2.05) is 25.1 Å². The first kappa shape index (κ1) is 49.8. The van der Waals surface area contributed by atoms with Crippen molar-refractivity contribution < 1.29 is 44.8 Å². The molecule has 55 heavy (non-hydrogen) atoms. The Morgan fingerprint density at radius 3 is 1.76 bits per heavy atom. The van der Waals surface area contributed by atoms with Crippen LogP contribution in [0.3, 0.4) is 0 Å². The van der Waals surface area contributed by atoms with Crippen molar-refractivity contribution >= 4 is 121 Å². The summed E-state index contributed by atoms with van der Waals surface area (Å²) < 4.78 is 58.2. The number of sulfone groups is 1. The normalized spacial score (nSPS) is 12.5. The Labute approximate surface area is 347 Å². The summed E-state index contributed by atoms with van der Waals surface area (Å²) in [7, 11) is -8.53. The van der Waals surface area contributed by atoms with E-state index in [0.29, 0.717) is 6.42 Å². The topological polar surface area (TPSA) is 180 Å². The van der Waals surface area contributed by atoms with Gasteiger partial charge < -0.3 is 0 Å². The lowest BCUT2D eigenvalue weighted by Gasteiger charge is -2.17. The van der Waals surface area contributed by atoms with Crippen molar-refractivity contribution in [3.8, 4) is 0 Å². The van der Waals surface area contributed by atoms with Gasteiger partial charge in [0.05, 0.1) is 15.5 Å². The fraction of sp³-hybridized carbons (Fsp3) is 0.257. The van der Waals surface area contributed by atoms with Gasteiger partial charge in [-0.05, 0) is 77.1 Å². The molecule has 4 aromatic rings. The van der Waals surface area contributed by atoms with Crippen molar-refractivity contribution in [3.05, 3.63) is 117 Å². The number of nitrogens with zero attached hydrogens (tertiary/aromatic N) is 1. The van der Waals surface area contributed by atoms with Crippen LogP contribution in [-0.2, 0) is 34.4 Å². The minimum Gasteiger partial charge on any atom is -0.281 e. The molecular formula is C35H32Cl6FNO10S2. The number of hydrogen-bond donors (Lipinski definition) is 0. The van der Waals surface area contributed by atoms with E-state index in [2.05, 4.69) is 0 Å². The second-order valence-corrected chi connectivity index (χ2v) is 17.1. The van der Waals surface area contributed by atoms with Crippen molar-refractivity contribution in [1.82, 2.24) is 0 Å². The summed E-state index contributed by atoms with van der Waals surface area (Å²) in [6.45, 7) is 5.09. The van der Waals surface area contributed by atoms with Gasteiger partial charge in [-0.2, -0.15) is 8.42 Å². The highest BCUT2D eigenvalue weighted by Gasteiger charge is 2.34. The first-order chi connectivity index (χ1) is 25.4. The molecule has 0 bridgehead atoms. The van der Waals surface area contributed by atoms with Gasteiger partial charge in [-0.3, -0.25) is 29.3 Å². The van der Waals surface area contributed by atoms with Gasteiger partial charge in [0, 0.05) is 41.9 Å². The molecule has 0 radical (unpaired) electrons. The highest BCUT2D eigenvalue weighted by atomic mass is 35.5. The highest BCUT2D eigenvalue weighted by Crippen LogP contribution is 2.34. The highest BCUT2D eigenvalue weighted by molar-refractivity contribution is 7.92. The predicted molar refractivity (Wildman–Crippen MR) is 213 cm³/mol. The van der Waals surface area contributed by atoms with Crippen LogP contribution in [-0.4, -0.2) is 54.0 Å². The SMILES string of the molecule is CCC(C)(CCC(=O)Cl)[N+](=O)[O-].Cc1ccc(S(=O)(=O)CC(=O)Cl)cc1.O=C(Cl)C(Cl)c1ccccc1.O=C(Cl)c1cc(S(=O)(=O)F)c2ccccc2c1Cl. The Morgan fingerprint density at radius 2 is 1.35 bits per heavy atom. The maximum atomic E-state index is 13.2. The van der Waals surface area contributed by atoms with Gasteiger partial charge in [-0.1, -0.05) is 90.8 Å². The van der Waals surface area contributed by atoms with E-state index in [1.165, 1.54) is 37.3 Å². The monoisotopic (exact) mass is 919 g/mol. The van der Waals surface area contributed by atoms with Crippen LogP contribution in [0.5, 0.6) is 0 Å². The number of fused-ring (bicyclic) bond motifs is 1. The Hall–Kier alpha value is -3.21. The molecule has 0 N–H and O–H groups in total. The van der Waals surface area contributed by atoms with E-state index < -0.39 is 62.6 Å². The smallest absolute Gasteiger partial charge is 0.281 e. The van der Waals surface area contributed by atoms with E-state index in [-0.39, 0.29) is 44.0 Å². The van der Waals surface area contributed by atoms with Gasteiger partial charge in [0.1, 0.15) is 16.0 Å². The molecule has 0 saturated heterocycles. The molecule has 0 aliphatic rings. The van der Waals surface area contributed by atoms with Gasteiger partial charge in [-0.25, -0.2) is 8.42 Å². The zero-order valence-corrected chi connectivity index (χ0v) is 35.1. The van der Waals surface area contributed by atoms with Crippen LogP contribution in [0.2, 0.25) is 5.02 Å². The maximum Gasteiger partial charge on any atom is 0.332 e. The number of rotatable bonds is 12. The van der Waals surface area contributed by atoms with Crippen molar-refractivity contribution in [2.24, 2.45) is 0 Å². The Bertz CT molecular complexity index is 2230. The lowest BCUT2D eigenvalue weighted by atomic mass is 9.94. The standard InChI is InChI=1S/C11H5Cl2FO3S.C9H9ClO3S.C8H6Cl2O.C7H12ClNO3/c12-10-7-4-2-1-3-6(7)9(18(14,16)17)5-8(10)11(13)15;1-7-2-4-8(5-3-7)14(12,13)6-9(10)11;9-7(8(10)11)6-4-2-1-3-5-6;1-3-7(2,9(11)12)5-4-6(8)10/h1-5H;2-5H,6H2,1H3;1-5,7H;3-5H2,1-2H3. The van der Waals surface area contributed by atoms with E-state index >= 15 is 0 Å². The Balaban J connectivity index is 0.000000374. The number of carbonyl (C=O) groups excluding carboxylic acids is 4. The summed E-state index contributed by atoms with van der Waals surface area (Å²) in [5.41, 5.74) is 0.438. The summed E-state index contributed by atoms with van der Waals surface area (Å²) in [5, 5.41) is 7.27. The molecule has 4 aromatic carbocycles. The van der Waals surface area contributed by atoms with Crippen molar-refractivity contribution in [1.29, 1.82) is 0 Å². The predicted octanol–water partition coefficient (Wildman–Crippen LogP) is 9.77. The molecule has 0 saturated carbocycles. The Kier molecular flexibility index (Phi) is 20.4. The third-order valence-electron chi connectivity index (χ3n) is 7.45. The molecule has 0 spiro atoms. The molecule has 298 valence electrons. The molecule has 11 nitrogen and oxygen atoms in total. The lowest BCUT2D eigenvalue weighted by molar-refractivity contribution is -0.566. The quantitative estimate of drug-likeness (QED) is 0.0575. The fourth-order valence-corrected chi connectivity index (χ4v) is 7.16. The van der Waals surface area contributed by atoms with Crippen LogP contribution in [0, 0.1) is 17.0 Å². The van der Waals surface area contributed by atoms with E-state index in [4.69, 9.17) is 69.6 Å². The van der Waals surface area contributed by atoms with E-state index in [1.54, 1.807) is 37.3 Å². The van der Waals surface area contributed by atoms with Gasteiger partial charge in [-0.15, -0.1) is 15.5 Å². The number of halogens is 7. The number of benzene rings is 4. The second kappa shape index (κ2) is 22.5. The largest absolute Gasteiger partial charge is 0.332 e. The zero-order chi connectivity index (χ0) is 42.3. The minimum atomic E-state index is -4.97.